The van der Waals surface area contributed by atoms with Gasteiger partial charge in [0.2, 0.25) is 4.96 Å². The van der Waals surface area contributed by atoms with Gasteiger partial charge in [-0.25, -0.2) is 9.50 Å². The van der Waals surface area contributed by atoms with E-state index in [2.05, 4.69) is 10.1 Å². The van der Waals surface area contributed by atoms with E-state index in [1.807, 2.05) is 37.4 Å². The number of hydrogen-bond donors (Lipinski definition) is 0. The highest BCUT2D eigenvalue weighted by Gasteiger charge is 2.09. The van der Waals surface area contributed by atoms with Crippen LogP contribution in [0.1, 0.15) is 5.69 Å². The first-order valence-electron chi connectivity index (χ1n) is 4.97. The van der Waals surface area contributed by atoms with Crippen molar-refractivity contribution in [2.75, 3.05) is 0 Å². The monoisotopic (exact) mass is 281 g/mol. The van der Waals surface area contributed by atoms with Gasteiger partial charge >= 0.3 is 0 Å². The molecule has 0 unspecified atom stereocenters. The number of nitrogens with zero attached hydrogens (tertiary/aromatic N) is 3. The van der Waals surface area contributed by atoms with Crippen LogP contribution < -0.4 is 0 Å². The fraction of sp³-hybridized carbons (Fsp3) is 0.0909. The number of fused-ring (bicyclic) bond motifs is 1. The molecular weight excluding hydrogens is 274 g/mol. The molecule has 0 saturated carbocycles. The Balaban J connectivity index is 1.95. The van der Waals surface area contributed by atoms with Gasteiger partial charge in [-0.2, -0.15) is 0 Å². The van der Waals surface area contributed by atoms with Crippen molar-refractivity contribution in [1.29, 1.82) is 0 Å². The van der Waals surface area contributed by atoms with Crippen molar-refractivity contribution in [3.63, 3.8) is 0 Å². The first-order valence-corrected chi connectivity index (χ1v) is 6.99. The van der Waals surface area contributed by atoms with E-state index >= 15 is 0 Å². The number of rotatable bonds is 2. The Morgan fingerprint density at radius 1 is 1.35 bits per heavy atom. The molecule has 0 amide bonds. The summed E-state index contributed by atoms with van der Waals surface area (Å²) in [7, 11) is 0. The summed E-state index contributed by atoms with van der Waals surface area (Å²) in [5, 5.41) is 5.20. The zero-order valence-corrected chi connectivity index (χ0v) is 11.3. The van der Waals surface area contributed by atoms with Gasteiger partial charge in [-0.1, -0.05) is 46.8 Å². The molecule has 0 N–H and O–H groups in total. The Kier molecular flexibility index (Phi) is 2.82. The van der Waals surface area contributed by atoms with E-state index < -0.39 is 0 Å². The predicted octanol–water partition coefficient (Wildman–Crippen LogP) is 3.90. The summed E-state index contributed by atoms with van der Waals surface area (Å²) in [6.45, 7) is 1.96. The van der Waals surface area contributed by atoms with E-state index in [0.29, 0.717) is 0 Å². The molecule has 2 heterocycles. The third-order valence-corrected chi connectivity index (χ3v) is 4.67. The van der Waals surface area contributed by atoms with Crippen LogP contribution in [0.2, 0.25) is 5.02 Å². The van der Waals surface area contributed by atoms with Crippen LogP contribution in [0.15, 0.2) is 39.7 Å². The van der Waals surface area contributed by atoms with Gasteiger partial charge in [-0.05, 0) is 19.1 Å². The highest BCUT2D eigenvalue weighted by molar-refractivity contribution is 8.01. The number of halogens is 1. The van der Waals surface area contributed by atoms with Gasteiger partial charge in [0.25, 0.3) is 0 Å². The van der Waals surface area contributed by atoms with Gasteiger partial charge in [0.05, 0.1) is 16.9 Å². The molecule has 0 saturated heterocycles. The highest BCUT2D eigenvalue weighted by atomic mass is 35.5. The van der Waals surface area contributed by atoms with Crippen LogP contribution >= 0.6 is 34.7 Å². The molecule has 3 aromatic rings. The van der Waals surface area contributed by atoms with Gasteiger partial charge in [-0.3, -0.25) is 0 Å². The SMILES string of the molecule is Cc1cn2nc(Sc3ccccc3Cl)sc2n1. The summed E-state index contributed by atoms with van der Waals surface area (Å²) < 4.78 is 2.75. The van der Waals surface area contributed by atoms with Crippen LogP contribution in [0.4, 0.5) is 0 Å². The smallest absolute Gasteiger partial charge is 0.213 e. The summed E-state index contributed by atoms with van der Waals surface area (Å²) in [5.74, 6) is 0. The van der Waals surface area contributed by atoms with Crippen molar-refractivity contribution in [2.45, 2.75) is 16.2 Å². The van der Waals surface area contributed by atoms with Crippen LogP contribution in [0.3, 0.4) is 0 Å². The normalized spacial score (nSPS) is 11.2. The van der Waals surface area contributed by atoms with Crippen molar-refractivity contribution in [1.82, 2.24) is 14.6 Å². The van der Waals surface area contributed by atoms with Crippen molar-refractivity contribution < 1.29 is 0 Å². The number of aromatic nitrogens is 3. The molecule has 0 aliphatic carbocycles. The van der Waals surface area contributed by atoms with Crippen molar-refractivity contribution in [3.8, 4) is 0 Å². The molecule has 0 radical (unpaired) electrons. The number of hydrogen-bond acceptors (Lipinski definition) is 4. The lowest BCUT2D eigenvalue weighted by molar-refractivity contribution is 0.913. The molecule has 1 aromatic carbocycles. The molecule has 0 spiro atoms. The molecule has 0 bridgehead atoms. The minimum Gasteiger partial charge on any atom is -0.223 e. The largest absolute Gasteiger partial charge is 0.223 e. The second-order valence-corrected chi connectivity index (χ2v) is 6.16. The van der Waals surface area contributed by atoms with Crippen LogP contribution in [0, 0.1) is 6.92 Å². The van der Waals surface area contributed by atoms with E-state index in [0.717, 1.165) is 24.9 Å². The van der Waals surface area contributed by atoms with Crippen LogP contribution in [-0.4, -0.2) is 14.6 Å². The maximum Gasteiger partial charge on any atom is 0.213 e. The molecule has 2 aromatic heterocycles. The van der Waals surface area contributed by atoms with Crippen molar-refractivity contribution in [3.05, 3.63) is 41.2 Å². The second kappa shape index (κ2) is 4.33. The topological polar surface area (TPSA) is 30.2 Å². The minimum absolute atomic E-state index is 0.751. The summed E-state index contributed by atoms with van der Waals surface area (Å²) in [6, 6.07) is 7.76. The molecule has 0 fully saturated rings. The molecule has 6 heteroatoms. The van der Waals surface area contributed by atoms with Crippen LogP contribution in [-0.2, 0) is 0 Å². The third-order valence-electron chi connectivity index (χ3n) is 2.18. The van der Waals surface area contributed by atoms with Gasteiger partial charge in [-0.15, -0.1) is 5.10 Å². The Hall–Kier alpha value is -1.04. The molecule has 0 aliphatic rings. The van der Waals surface area contributed by atoms with Crippen LogP contribution in [0.5, 0.6) is 0 Å². The lowest BCUT2D eigenvalue weighted by Crippen LogP contribution is -1.80. The second-order valence-electron chi connectivity index (χ2n) is 3.51. The Morgan fingerprint density at radius 2 is 2.18 bits per heavy atom. The maximum atomic E-state index is 6.11. The lowest BCUT2D eigenvalue weighted by atomic mass is 10.4. The van der Waals surface area contributed by atoms with E-state index in [4.69, 9.17) is 11.6 Å². The van der Waals surface area contributed by atoms with Gasteiger partial charge in [0.15, 0.2) is 4.34 Å². The molecular formula is C11H8ClN3S2. The van der Waals surface area contributed by atoms with Gasteiger partial charge < -0.3 is 0 Å². The fourth-order valence-electron chi connectivity index (χ4n) is 1.45. The lowest BCUT2D eigenvalue weighted by Gasteiger charge is -1.98. The zero-order chi connectivity index (χ0) is 11.8. The van der Waals surface area contributed by atoms with E-state index in [1.165, 1.54) is 0 Å². The molecule has 86 valence electrons. The molecule has 0 aliphatic heterocycles. The average molecular weight is 282 g/mol. The highest BCUT2D eigenvalue weighted by Crippen LogP contribution is 2.35. The van der Waals surface area contributed by atoms with Gasteiger partial charge in [0, 0.05) is 4.90 Å². The molecule has 17 heavy (non-hydrogen) atoms. The number of aryl methyl sites for hydroxylation is 1. The number of benzene rings is 1. The Morgan fingerprint density at radius 3 is 2.94 bits per heavy atom. The standard InChI is InChI=1S/C11H8ClN3S2/c1-7-6-15-10(13-7)17-11(14-15)16-9-5-3-2-4-8(9)12/h2-6H,1H3. The molecule has 3 rings (SSSR count). The fourth-order valence-corrected chi connectivity index (χ4v) is 3.66. The summed E-state index contributed by atoms with van der Waals surface area (Å²) in [6.07, 6.45) is 1.92. The van der Waals surface area contributed by atoms with Crippen molar-refractivity contribution >= 4 is 39.7 Å². The van der Waals surface area contributed by atoms with E-state index in [-0.39, 0.29) is 0 Å². The third kappa shape index (κ3) is 2.18. The van der Waals surface area contributed by atoms with Gasteiger partial charge in [0.1, 0.15) is 0 Å². The quantitative estimate of drug-likeness (QED) is 0.713. The molecule has 3 nitrogen and oxygen atoms in total. The summed E-state index contributed by atoms with van der Waals surface area (Å²) >= 11 is 9.24. The maximum absolute atomic E-state index is 6.11. The molecule has 0 atom stereocenters. The minimum atomic E-state index is 0.751. The first kappa shape index (κ1) is 11.1. The van der Waals surface area contributed by atoms with E-state index in [1.54, 1.807) is 27.6 Å². The summed E-state index contributed by atoms with van der Waals surface area (Å²) in [5.41, 5.74) is 0.984. The van der Waals surface area contributed by atoms with E-state index in [9.17, 15) is 0 Å². The van der Waals surface area contributed by atoms with Crippen molar-refractivity contribution in [2.24, 2.45) is 0 Å². The Labute approximate surface area is 111 Å². The first-order chi connectivity index (χ1) is 8.22. The zero-order valence-electron chi connectivity index (χ0n) is 8.92. The average Bonchev–Trinajstić information content (AvgIpc) is 2.78. The summed E-state index contributed by atoms with van der Waals surface area (Å²) in [4.78, 5) is 6.30. The van der Waals surface area contributed by atoms with Crippen LogP contribution in [0.25, 0.3) is 4.96 Å². The Bertz CT molecular complexity index is 643. The predicted molar refractivity (Wildman–Crippen MR) is 71.2 cm³/mol. The number of imidazole rings is 1.